The molecule has 0 spiro atoms. The van der Waals surface area contributed by atoms with Crippen molar-refractivity contribution in [2.24, 2.45) is 0 Å². The molecule has 1 saturated heterocycles. The topological polar surface area (TPSA) is 35.5 Å². The van der Waals surface area contributed by atoms with Gasteiger partial charge in [0, 0.05) is 6.42 Å². The zero-order valence-electron chi connectivity index (χ0n) is 7.72. The molecular formula is C9H14O3. The van der Waals surface area contributed by atoms with E-state index in [-0.39, 0.29) is 5.97 Å². The molecule has 0 radical (unpaired) electrons. The Morgan fingerprint density at radius 2 is 2.42 bits per heavy atom. The maximum absolute atomic E-state index is 11.2. The Morgan fingerprint density at radius 1 is 1.75 bits per heavy atom. The lowest BCUT2D eigenvalue weighted by molar-refractivity contribution is -0.153. The summed E-state index contributed by atoms with van der Waals surface area (Å²) in [7, 11) is 0. The van der Waals surface area contributed by atoms with Gasteiger partial charge in [0.2, 0.25) is 5.60 Å². The number of hydrogen-bond acceptors (Lipinski definition) is 3. The van der Waals surface area contributed by atoms with Gasteiger partial charge >= 0.3 is 5.97 Å². The van der Waals surface area contributed by atoms with E-state index in [4.69, 9.17) is 9.47 Å². The van der Waals surface area contributed by atoms with Crippen LogP contribution in [0, 0.1) is 0 Å². The van der Waals surface area contributed by atoms with Gasteiger partial charge in [0.25, 0.3) is 0 Å². The molecule has 0 aromatic carbocycles. The monoisotopic (exact) mass is 170 g/mol. The highest BCUT2D eigenvalue weighted by Crippen LogP contribution is 2.26. The van der Waals surface area contributed by atoms with E-state index < -0.39 is 5.60 Å². The summed E-state index contributed by atoms with van der Waals surface area (Å²) in [5, 5.41) is 0. The van der Waals surface area contributed by atoms with Crippen LogP contribution in [-0.4, -0.2) is 18.2 Å². The molecule has 1 rings (SSSR count). The van der Waals surface area contributed by atoms with Gasteiger partial charge in [-0.05, 0) is 26.8 Å². The Balaban J connectivity index is 2.66. The molecule has 3 nitrogen and oxygen atoms in total. The molecule has 0 N–H and O–H groups in total. The molecule has 0 saturated carbocycles. The standard InChI is InChI=1S/C9H14O3/c1-4-7(2)12-9(3)5-6-11-8(9)10/h4H,5-6H2,1-3H3. The number of rotatable bonds is 2. The Morgan fingerprint density at radius 3 is 2.83 bits per heavy atom. The molecule has 0 aromatic rings. The second kappa shape index (κ2) is 3.17. The Kier molecular flexibility index (Phi) is 2.40. The summed E-state index contributed by atoms with van der Waals surface area (Å²) in [5.41, 5.74) is -0.753. The first kappa shape index (κ1) is 9.10. The molecule has 1 heterocycles. The number of esters is 1. The van der Waals surface area contributed by atoms with Gasteiger partial charge in [0.05, 0.1) is 12.4 Å². The molecule has 1 unspecified atom stereocenters. The lowest BCUT2D eigenvalue weighted by atomic mass is 10.1. The van der Waals surface area contributed by atoms with Crippen LogP contribution in [0.15, 0.2) is 11.8 Å². The van der Waals surface area contributed by atoms with Crippen LogP contribution in [0.2, 0.25) is 0 Å². The van der Waals surface area contributed by atoms with Crippen molar-refractivity contribution in [3.05, 3.63) is 11.8 Å². The van der Waals surface area contributed by atoms with Crippen LogP contribution in [0.25, 0.3) is 0 Å². The van der Waals surface area contributed by atoms with E-state index in [0.717, 1.165) is 5.76 Å². The van der Waals surface area contributed by atoms with Gasteiger partial charge < -0.3 is 9.47 Å². The third-order valence-corrected chi connectivity index (χ3v) is 2.04. The highest BCUT2D eigenvalue weighted by Gasteiger charge is 2.42. The largest absolute Gasteiger partial charge is 0.481 e. The number of carbonyl (C=O) groups excluding carboxylic acids is 1. The van der Waals surface area contributed by atoms with Crippen LogP contribution in [0.1, 0.15) is 27.2 Å². The van der Waals surface area contributed by atoms with Gasteiger partial charge in [-0.25, -0.2) is 4.79 Å². The van der Waals surface area contributed by atoms with Gasteiger partial charge in [-0.15, -0.1) is 0 Å². The molecule has 0 aliphatic carbocycles. The number of allylic oxidation sites excluding steroid dienone is 2. The Hall–Kier alpha value is -0.990. The molecule has 0 bridgehead atoms. The minimum absolute atomic E-state index is 0.260. The predicted molar refractivity (Wildman–Crippen MR) is 44.5 cm³/mol. The van der Waals surface area contributed by atoms with Crippen molar-refractivity contribution < 1.29 is 14.3 Å². The van der Waals surface area contributed by atoms with Crippen molar-refractivity contribution in [3.63, 3.8) is 0 Å². The van der Waals surface area contributed by atoms with Crippen molar-refractivity contribution in [2.45, 2.75) is 32.8 Å². The fourth-order valence-corrected chi connectivity index (χ4v) is 1.10. The second-order valence-corrected chi connectivity index (χ2v) is 3.12. The van der Waals surface area contributed by atoms with E-state index in [2.05, 4.69) is 0 Å². The van der Waals surface area contributed by atoms with E-state index in [1.807, 2.05) is 19.9 Å². The normalized spacial score (nSPS) is 30.2. The van der Waals surface area contributed by atoms with Crippen LogP contribution < -0.4 is 0 Å². The molecule has 1 atom stereocenters. The van der Waals surface area contributed by atoms with Crippen LogP contribution >= 0.6 is 0 Å². The molecule has 0 aromatic heterocycles. The average Bonchev–Trinajstić information content (AvgIpc) is 2.32. The first-order chi connectivity index (χ1) is 5.58. The van der Waals surface area contributed by atoms with Crippen LogP contribution in [0.4, 0.5) is 0 Å². The van der Waals surface area contributed by atoms with E-state index in [1.54, 1.807) is 6.92 Å². The van der Waals surface area contributed by atoms with E-state index in [1.165, 1.54) is 0 Å². The fourth-order valence-electron chi connectivity index (χ4n) is 1.10. The molecular weight excluding hydrogens is 156 g/mol. The highest BCUT2D eigenvalue weighted by molar-refractivity contribution is 5.81. The number of hydrogen-bond donors (Lipinski definition) is 0. The average molecular weight is 170 g/mol. The smallest absolute Gasteiger partial charge is 0.350 e. The molecule has 3 heteroatoms. The maximum atomic E-state index is 11.2. The molecule has 1 aliphatic rings. The molecule has 12 heavy (non-hydrogen) atoms. The summed E-state index contributed by atoms with van der Waals surface area (Å²) in [5.74, 6) is 0.500. The van der Waals surface area contributed by atoms with Gasteiger partial charge in [0.15, 0.2) is 0 Å². The second-order valence-electron chi connectivity index (χ2n) is 3.12. The summed E-state index contributed by atoms with van der Waals surface area (Å²) >= 11 is 0. The minimum Gasteiger partial charge on any atom is -0.481 e. The zero-order valence-corrected chi connectivity index (χ0v) is 7.72. The quantitative estimate of drug-likeness (QED) is 0.466. The number of cyclic esters (lactones) is 1. The first-order valence-electron chi connectivity index (χ1n) is 4.07. The first-order valence-corrected chi connectivity index (χ1v) is 4.07. The zero-order chi connectivity index (χ0) is 9.19. The lowest BCUT2D eigenvalue weighted by Crippen LogP contribution is -2.33. The van der Waals surface area contributed by atoms with E-state index in [0.29, 0.717) is 13.0 Å². The Bertz CT molecular complexity index is 220. The third kappa shape index (κ3) is 1.60. The maximum Gasteiger partial charge on any atom is 0.350 e. The summed E-state index contributed by atoms with van der Waals surface area (Å²) in [6, 6.07) is 0. The van der Waals surface area contributed by atoms with Crippen molar-refractivity contribution in [1.82, 2.24) is 0 Å². The molecule has 68 valence electrons. The van der Waals surface area contributed by atoms with E-state index >= 15 is 0 Å². The summed E-state index contributed by atoms with van der Waals surface area (Å²) in [6.07, 6.45) is 2.47. The highest BCUT2D eigenvalue weighted by atomic mass is 16.6. The van der Waals surface area contributed by atoms with Crippen molar-refractivity contribution in [1.29, 1.82) is 0 Å². The summed E-state index contributed by atoms with van der Waals surface area (Å²) in [6.45, 7) is 5.93. The molecule has 1 fully saturated rings. The molecule has 0 amide bonds. The van der Waals surface area contributed by atoms with Crippen molar-refractivity contribution in [2.75, 3.05) is 6.61 Å². The number of carbonyl (C=O) groups is 1. The number of ether oxygens (including phenoxy) is 2. The minimum atomic E-state index is -0.753. The predicted octanol–water partition coefficient (Wildman–Crippen LogP) is 1.63. The van der Waals surface area contributed by atoms with Gasteiger partial charge in [-0.3, -0.25) is 0 Å². The van der Waals surface area contributed by atoms with Crippen molar-refractivity contribution in [3.8, 4) is 0 Å². The van der Waals surface area contributed by atoms with Gasteiger partial charge in [0.1, 0.15) is 0 Å². The fraction of sp³-hybridized carbons (Fsp3) is 0.667. The molecule has 1 aliphatic heterocycles. The SMILES string of the molecule is CC=C(C)OC1(C)CCOC1=O. The van der Waals surface area contributed by atoms with Crippen LogP contribution in [-0.2, 0) is 14.3 Å². The van der Waals surface area contributed by atoms with Crippen molar-refractivity contribution >= 4 is 5.97 Å². The van der Waals surface area contributed by atoms with E-state index in [9.17, 15) is 4.79 Å². The van der Waals surface area contributed by atoms with Crippen LogP contribution in [0.3, 0.4) is 0 Å². The Labute approximate surface area is 72.4 Å². The van der Waals surface area contributed by atoms with Gasteiger partial charge in [-0.2, -0.15) is 0 Å². The summed E-state index contributed by atoms with van der Waals surface area (Å²) in [4.78, 5) is 11.2. The summed E-state index contributed by atoms with van der Waals surface area (Å²) < 4.78 is 10.3. The lowest BCUT2D eigenvalue weighted by Gasteiger charge is -2.21. The van der Waals surface area contributed by atoms with Gasteiger partial charge in [-0.1, -0.05) is 0 Å². The van der Waals surface area contributed by atoms with Crippen LogP contribution in [0.5, 0.6) is 0 Å². The third-order valence-electron chi connectivity index (χ3n) is 2.04.